The molecule has 1 heterocycles. The normalized spacial score (nSPS) is 10.3. The van der Waals surface area contributed by atoms with Crippen LogP contribution >= 0.6 is 0 Å². The lowest BCUT2D eigenvalue weighted by atomic mass is 10.0. The Morgan fingerprint density at radius 2 is 2.00 bits per heavy atom. The van der Waals surface area contributed by atoms with Gasteiger partial charge in [0.1, 0.15) is 6.33 Å². The Labute approximate surface area is 105 Å². The maximum absolute atomic E-state index is 10.7. The monoisotopic (exact) mass is 242 g/mol. The summed E-state index contributed by atoms with van der Waals surface area (Å²) in [6.07, 6.45) is 1.33. The molecule has 0 aliphatic heterocycles. The maximum atomic E-state index is 10.7. The van der Waals surface area contributed by atoms with Crippen LogP contribution in [0.1, 0.15) is 16.8 Å². The average Bonchev–Trinajstić information content (AvgIpc) is 2.28. The second-order valence-corrected chi connectivity index (χ2v) is 4.28. The summed E-state index contributed by atoms with van der Waals surface area (Å²) in [6.45, 7) is 4.05. The van der Waals surface area contributed by atoms with Gasteiger partial charge in [0.05, 0.1) is 17.8 Å². The Kier molecular flexibility index (Phi) is 3.37. The van der Waals surface area contributed by atoms with Crippen molar-refractivity contribution in [3.05, 3.63) is 47.4 Å². The third-order valence-corrected chi connectivity index (χ3v) is 2.71. The minimum absolute atomic E-state index is 0.0829. The summed E-state index contributed by atoms with van der Waals surface area (Å²) in [6, 6.07) is 7.82. The third kappa shape index (κ3) is 2.71. The van der Waals surface area contributed by atoms with Crippen molar-refractivity contribution < 1.29 is 9.90 Å². The van der Waals surface area contributed by atoms with Crippen molar-refractivity contribution in [1.82, 2.24) is 9.97 Å². The Balaban J connectivity index is 2.41. The molecular weight excluding hydrogens is 228 g/mol. The van der Waals surface area contributed by atoms with Gasteiger partial charge in [-0.2, -0.15) is 0 Å². The van der Waals surface area contributed by atoms with Crippen LogP contribution in [0.3, 0.4) is 0 Å². The number of aliphatic carboxylic acids is 1. The number of benzene rings is 1. The van der Waals surface area contributed by atoms with Crippen LogP contribution in [-0.4, -0.2) is 21.0 Å². The lowest BCUT2D eigenvalue weighted by Gasteiger charge is -2.07. The fourth-order valence-corrected chi connectivity index (χ4v) is 1.90. The van der Waals surface area contributed by atoms with Crippen molar-refractivity contribution in [1.29, 1.82) is 0 Å². The number of carbonyl (C=O) groups is 1. The number of rotatable bonds is 3. The number of nitrogens with zero attached hydrogens (tertiary/aromatic N) is 2. The standard InChI is InChI=1S/C14H14N2O2/c1-9-3-4-12(10(2)5-9)13-6-11(7-14(17)18)15-8-16-13/h3-6,8H,7H2,1-2H3,(H,17,18). The zero-order chi connectivity index (χ0) is 13.1. The van der Waals surface area contributed by atoms with Crippen LogP contribution in [0.2, 0.25) is 0 Å². The van der Waals surface area contributed by atoms with E-state index in [9.17, 15) is 4.79 Å². The van der Waals surface area contributed by atoms with E-state index >= 15 is 0 Å². The van der Waals surface area contributed by atoms with Gasteiger partial charge in [0.25, 0.3) is 0 Å². The lowest BCUT2D eigenvalue weighted by Crippen LogP contribution is -2.03. The van der Waals surface area contributed by atoms with Crippen LogP contribution in [0, 0.1) is 13.8 Å². The Bertz CT molecular complexity index is 594. The molecule has 0 radical (unpaired) electrons. The van der Waals surface area contributed by atoms with E-state index < -0.39 is 5.97 Å². The molecule has 92 valence electrons. The molecule has 2 rings (SSSR count). The molecular formula is C14H14N2O2. The van der Waals surface area contributed by atoms with E-state index in [-0.39, 0.29) is 6.42 Å². The van der Waals surface area contributed by atoms with Gasteiger partial charge in [0.2, 0.25) is 0 Å². The first kappa shape index (κ1) is 12.2. The number of hydrogen-bond acceptors (Lipinski definition) is 3. The summed E-state index contributed by atoms with van der Waals surface area (Å²) in [5.74, 6) is -0.889. The van der Waals surface area contributed by atoms with Gasteiger partial charge in [-0.1, -0.05) is 23.8 Å². The SMILES string of the molecule is Cc1ccc(-c2cc(CC(=O)O)ncn2)c(C)c1. The third-order valence-electron chi connectivity index (χ3n) is 2.71. The molecule has 0 saturated heterocycles. The molecule has 1 N–H and O–H groups in total. The van der Waals surface area contributed by atoms with Gasteiger partial charge >= 0.3 is 5.97 Å². The molecule has 0 bridgehead atoms. The zero-order valence-electron chi connectivity index (χ0n) is 10.3. The van der Waals surface area contributed by atoms with Gasteiger partial charge in [-0.25, -0.2) is 9.97 Å². The predicted molar refractivity (Wildman–Crippen MR) is 68.3 cm³/mol. The zero-order valence-corrected chi connectivity index (χ0v) is 10.3. The molecule has 0 amide bonds. The molecule has 1 aromatic carbocycles. The second kappa shape index (κ2) is 4.96. The van der Waals surface area contributed by atoms with Crippen LogP contribution < -0.4 is 0 Å². The minimum Gasteiger partial charge on any atom is -0.481 e. The lowest BCUT2D eigenvalue weighted by molar-refractivity contribution is -0.136. The number of aromatic nitrogens is 2. The van der Waals surface area contributed by atoms with Crippen LogP contribution in [0.15, 0.2) is 30.6 Å². The van der Waals surface area contributed by atoms with Crippen molar-refractivity contribution in [2.45, 2.75) is 20.3 Å². The van der Waals surface area contributed by atoms with Crippen LogP contribution in [-0.2, 0) is 11.2 Å². The highest BCUT2D eigenvalue weighted by Crippen LogP contribution is 2.22. The number of carboxylic acid groups (broad SMARTS) is 1. The van der Waals surface area contributed by atoms with Gasteiger partial charge in [-0.05, 0) is 25.5 Å². The van der Waals surface area contributed by atoms with Crippen molar-refractivity contribution >= 4 is 5.97 Å². The van der Waals surface area contributed by atoms with Gasteiger partial charge in [0.15, 0.2) is 0 Å². The Morgan fingerprint density at radius 3 is 2.67 bits per heavy atom. The van der Waals surface area contributed by atoms with Gasteiger partial charge < -0.3 is 5.11 Å². The second-order valence-electron chi connectivity index (χ2n) is 4.28. The Hall–Kier alpha value is -2.23. The highest BCUT2D eigenvalue weighted by atomic mass is 16.4. The van der Waals surface area contributed by atoms with E-state index in [1.165, 1.54) is 11.9 Å². The van der Waals surface area contributed by atoms with E-state index in [0.717, 1.165) is 16.8 Å². The van der Waals surface area contributed by atoms with Crippen LogP contribution in [0.5, 0.6) is 0 Å². The fraction of sp³-hybridized carbons (Fsp3) is 0.214. The molecule has 1 aromatic heterocycles. The average molecular weight is 242 g/mol. The first-order valence-electron chi connectivity index (χ1n) is 5.66. The van der Waals surface area contributed by atoms with Crippen molar-refractivity contribution in [2.24, 2.45) is 0 Å². The smallest absolute Gasteiger partial charge is 0.309 e. The van der Waals surface area contributed by atoms with Gasteiger partial charge in [-0.15, -0.1) is 0 Å². The topological polar surface area (TPSA) is 63.1 Å². The van der Waals surface area contributed by atoms with E-state index in [1.54, 1.807) is 6.07 Å². The fourth-order valence-electron chi connectivity index (χ4n) is 1.90. The molecule has 4 nitrogen and oxygen atoms in total. The van der Waals surface area contributed by atoms with E-state index in [0.29, 0.717) is 5.69 Å². The van der Waals surface area contributed by atoms with Crippen molar-refractivity contribution in [2.75, 3.05) is 0 Å². The number of hydrogen-bond donors (Lipinski definition) is 1. The van der Waals surface area contributed by atoms with Crippen LogP contribution in [0.4, 0.5) is 0 Å². The molecule has 0 aliphatic carbocycles. The first-order valence-corrected chi connectivity index (χ1v) is 5.66. The van der Waals surface area contributed by atoms with E-state index in [4.69, 9.17) is 5.11 Å². The minimum atomic E-state index is -0.889. The molecule has 2 aromatic rings. The summed E-state index contributed by atoms with van der Waals surface area (Å²) in [4.78, 5) is 18.8. The Morgan fingerprint density at radius 1 is 1.22 bits per heavy atom. The van der Waals surface area contributed by atoms with Gasteiger partial charge in [0, 0.05) is 5.56 Å². The highest BCUT2D eigenvalue weighted by Gasteiger charge is 2.07. The number of aryl methyl sites for hydroxylation is 2. The van der Waals surface area contributed by atoms with Crippen LogP contribution in [0.25, 0.3) is 11.3 Å². The quantitative estimate of drug-likeness (QED) is 0.897. The molecule has 0 aliphatic rings. The van der Waals surface area contributed by atoms with Gasteiger partial charge in [-0.3, -0.25) is 4.79 Å². The molecule has 4 heteroatoms. The van der Waals surface area contributed by atoms with Crippen molar-refractivity contribution in [3.8, 4) is 11.3 Å². The molecule has 0 fully saturated rings. The molecule has 0 saturated carbocycles. The molecule has 0 spiro atoms. The highest BCUT2D eigenvalue weighted by molar-refractivity contribution is 5.71. The summed E-state index contributed by atoms with van der Waals surface area (Å²) >= 11 is 0. The summed E-state index contributed by atoms with van der Waals surface area (Å²) in [5.41, 5.74) is 4.60. The summed E-state index contributed by atoms with van der Waals surface area (Å²) in [5, 5.41) is 8.76. The molecule has 0 unspecified atom stereocenters. The van der Waals surface area contributed by atoms with E-state index in [2.05, 4.69) is 16.0 Å². The number of carboxylic acids is 1. The predicted octanol–water partition coefficient (Wildman–Crippen LogP) is 2.39. The summed E-state index contributed by atoms with van der Waals surface area (Å²) in [7, 11) is 0. The largest absolute Gasteiger partial charge is 0.481 e. The van der Waals surface area contributed by atoms with E-state index in [1.807, 2.05) is 26.0 Å². The van der Waals surface area contributed by atoms with Crippen molar-refractivity contribution in [3.63, 3.8) is 0 Å². The molecule has 18 heavy (non-hydrogen) atoms. The first-order chi connectivity index (χ1) is 8.56. The molecule has 0 atom stereocenters. The maximum Gasteiger partial charge on any atom is 0.309 e. The summed E-state index contributed by atoms with van der Waals surface area (Å²) < 4.78 is 0.